The van der Waals surface area contributed by atoms with E-state index >= 15 is 0 Å². The van der Waals surface area contributed by atoms with Crippen LogP contribution in [0.4, 0.5) is 0 Å². The maximum absolute atomic E-state index is 12.4. The van der Waals surface area contributed by atoms with E-state index in [9.17, 15) is 4.79 Å². The summed E-state index contributed by atoms with van der Waals surface area (Å²) in [5, 5.41) is 7.15. The van der Waals surface area contributed by atoms with Gasteiger partial charge in [-0.1, -0.05) is 48.5 Å². The summed E-state index contributed by atoms with van der Waals surface area (Å²) in [7, 11) is 1.61. The number of nitrogens with zero attached hydrogens (tertiary/aromatic N) is 3. The first-order chi connectivity index (χ1) is 12.8. The Kier molecular flexibility index (Phi) is 5.77. The van der Waals surface area contributed by atoms with Crippen molar-refractivity contribution in [1.82, 2.24) is 20.1 Å². The van der Waals surface area contributed by atoms with Crippen LogP contribution < -0.4 is 10.1 Å². The molecule has 0 aliphatic carbocycles. The van der Waals surface area contributed by atoms with Gasteiger partial charge in [-0.25, -0.2) is 4.98 Å². The number of ether oxygens (including phenoxy) is 1. The second-order valence-corrected chi connectivity index (χ2v) is 5.66. The Morgan fingerprint density at radius 1 is 1.19 bits per heavy atom. The Morgan fingerprint density at radius 3 is 2.69 bits per heavy atom. The molecule has 3 aromatic rings. The third kappa shape index (κ3) is 4.57. The van der Waals surface area contributed by atoms with Crippen molar-refractivity contribution >= 4 is 12.0 Å². The molecule has 0 saturated carbocycles. The monoisotopic (exact) mass is 348 g/mol. The van der Waals surface area contributed by atoms with Crippen molar-refractivity contribution in [3.8, 4) is 5.75 Å². The van der Waals surface area contributed by atoms with Gasteiger partial charge in [0.2, 0.25) is 5.91 Å². The number of rotatable bonds is 7. The van der Waals surface area contributed by atoms with Crippen molar-refractivity contribution in [3.63, 3.8) is 0 Å². The highest BCUT2D eigenvalue weighted by Gasteiger charge is 2.14. The Labute approximate surface area is 152 Å². The molecule has 0 aliphatic rings. The van der Waals surface area contributed by atoms with Gasteiger partial charge in [0, 0.05) is 11.6 Å². The Balaban J connectivity index is 1.73. The van der Waals surface area contributed by atoms with Crippen molar-refractivity contribution in [1.29, 1.82) is 0 Å². The van der Waals surface area contributed by atoms with Crippen LogP contribution in [0.25, 0.3) is 6.08 Å². The van der Waals surface area contributed by atoms with Gasteiger partial charge >= 0.3 is 0 Å². The average Bonchev–Trinajstić information content (AvgIpc) is 3.20. The molecule has 0 saturated heterocycles. The van der Waals surface area contributed by atoms with Crippen molar-refractivity contribution in [2.45, 2.75) is 12.6 Å². The molecule has 2 aromatic carbocycles. The zero-order valence-corrected chi connectivity index (χ0v) is 14.4. The molecule has 132 valence electrons. The lowest BCUT2D eigenvalue weighted by molar-refractivity contribution is -0.117. The molecule has 0 radical (unpaired) electrons. The van der Waals surface area contributed by atoms with Gasteiger partial charge in [0.15, 0.2) is 0 Å². The predicted octanol–water partition coefficient (Wildman–Crippen LogP) is 2.86. The molecule has 6 nitrogen and oxygen atoms in total. The lowest BCUT2D eigenvalue weighted by Crippen LogP contribution is -2.30. The highest BCUT2D eigenvalue weighted by Crippen LogP contribution is 2.19. The maximum atomic E-state index is 12.4. The molecule has 1 heterocycles. The van der Waals surface area contributed by atoms with Gasteiger partial charge in [-0.15, -0.1) is 0 Å². The summed E-state index contributed by atoms with van der Waals surface area (Å²) in [5.74, 6) is 0.531. The number of methoxy groups -OCH3 is 1. The quantitative estimate of drug-likeness (QED) is 0.667. The summed E-state index contributed by atoms with van der Waals surface area (Å²) < 4.78 is 6.99. The summed E-state index contributed by atoms with van der Waals surface area (Å²) in [6.07, 6.45) is 6.36. The third-order valence-electron chi connectivity index (χ3n) is 3.91. The number of carbonyl (C=O) groups is 1. The molecular formula is C20H20N4O2. The van der Waals surface area contributed by atoms with E-state index in [1.54, 1.807) is 24.2 Å². The topological polar surface area (TPSA) is 69.0 Å². The predicted molar refractivity (Wildman–Crippen MR) is 99.4 cm³/mol. The highest BCUT2D eigenvalue weighted by atomic mass is 16.5. The highest BCUT2D eigenvalue weighted by molar-refractivity contribution is 5.92. The van der Waals surface area contributed by atoms with Gasteiger partial charge in [0.25, 0.3) is 0 Å². The summed E-state index contributed by atoms with van der Waals surface area (Å²) in [5.41, 5.74) is 1.85. The van der Waals surface area contributed by atoms with E-state index in [4.69, 9.17) is 4.74 Å². The van der Waals surface area contributed by atoms with E-state index in [0.717, 1.165) is 16.9 Å². The number of nitrogens with one attached hydrogen (secondary N) is 1. The number of hydrogen-bond donors (Lipinski definition) is 1. The van der Waals surface area contributed by atoms with Gasteiger partial charge < -0.3 is 10.1 Å². The molecule has 1 aromatic heterocycles. The Morgan fingerprint density at radius 2 is 1.96 bits per heavy atom. The molecule has 0 unspecified atom stereocenters. The summed E-state index contributed by atoms with van der Waals surface area (Å²) in [6.45, 7) is 0.498. The molecule has 0 bridgehead atoms. The molecule has 1 N–H and O–H groups in total. The van der Waals surface area contributed by atoms with Crippen LogP contribution in [0.2, 0.25) is 0 Å². The van der Waals surface area contributed by atoms with E-state index in [2.05, 4.69) is 15.4 Å². The smallest absolute Gasteiger partial charge is 0.244 e. The fraction of sp³-hybridized carbons (Fsp3) is 0.150. The summed E-state index contributed by atoms with van der Waals surface area (Å²) in [6, 6.07) is 17.1. The Bertz CT molecular complexity index is 861. The lowest BCUT2D eigenvalue weighted by atomic mass is 10.1. The Hall–Kier alpha value is -3.41. The van der Waals surface area contributed by atoms with Gasteiger partial charge in [-0.3, -0.25) is 9.48 Å². The second-order valence-electron chi connectivity index (χ2n) is 5.66. The first-order valence-corrected chi connectivity index (χ1v) is 8.25. The first kappa shape index (κ1) is 17.4. The van der Waals surface area contributed by atoms with Crippen LogP contribution in [0.3, 0.4) is 0 Å². The molecule has 6 heteroatoms. The van der Waals surface area contributed by atoms with Crippen LogP contribution in [0, 0.1) is 0 Å². The minimum atomic E-state index is -0.215. The van der Waals surface area contributed by atoms with Crippen molar-refractivity contribution in [2.75, 3.05) is 7.11 Å². The van der Waals surface area contributed by atoms with Crippen molar-refractivity contribution in [2.24, 2.45) is 0 Å². The minimum absolute atomic E-state index is 0.190. The average molecular weight is 348 g/mol. The van der Waals surface area contributed by atoms with Gasteiger partial charge in [-0.2, -0.15) is 5.10 Å². The largest absolute Gasteiger partial charge is 0.496 e. The summed E-state index contributed by atoms with van der Waals surface area (Å²) >= 11 is 0. The van der Waals surface area contributed by atoms with E-state index in [1.165, 1.54) is 12.4 Å². The number of amides is 1. The SMILES string of the molecule is COc1ccccc1/C=C/C(=O)N[C@H](Cn1cncn1)c1ccccc1. The second kappa shape index (κ2) is 8.62. The molecule has 0 fully saturated rings. The third-order valence-corrected chi connectivity index (χ3v) is 3.91. The van der Waals surface area contributed by atoms with E-state index in [0.29, 0.717) is 6.54 Å². The fourth-order valence-corrected chi connectivity index (χ4v) is 2.62. The van der Waals surface area contributed by atoms with Crippen LogP contribution in [0.15, 0.2) is 73.3 Å². The molecule has 0 spiro atoms. The van der Waals surface area contributed by atoms with E-state index in [1.807, 2.05) is 54.6 Å². The number of benzene rings is 2. The van der Waals surface area contributed by atoms with Gasteiger partial charge in [-0.05, 0) is 17.7 Å². The van der Waals surface area contributed by atoms with Gasteiger partial charge in [0.1, 0.15) is 18.4 Å². The van der Waals surface area contributed by atoms with E-state index < -0.39 is 0 Å². The molecule has 0 aliphatic heterocycles. The normalized spacial score (nSPS) is 12.0. The zero-order chi connectivity index (χ0) is 18.2. The van der Waals surface area contributed by atoms with E-state index in [-0.39, 0.29) is 11.9 Å². The summed E-state index contributed by atoms with van der Waals surface area (Å²) in [4.78, 5) is 16.4. The lowest BCUT2D eigenvalue weighted by Gasteiger charge is -2.18. The molecular weight excluding hydrogens is 328 g/mol. The van der Waals surface area contributed by atoms with Crippen molar-refractivity contribution in [3.05, 3.63) is 84.5 Å². The van der Waals surface area contributed by atoms with Crippen LogP contribution in [0.5, 0.6) is 5.75 Å². The molecule has 1 atom stereocenters. The minimum Gasteiger partial charge on any atom is -0.496 e. The van der Waals surface area contributed by atoms with Crippen LogP contribution >= 0.6 is 0 Å². The number of carbonyl (C=O) groups excluding carboxylic acids is 1. The molecule has 3 rings (SSSR count). The number of para-hydroxylation sites is 1. The first-order valence-electron chi connectivity index (χ1n) is 8.25. The number of aromatic nitrogens is 3. The zero-order valence-electron chi connectivity index (χ0n) is 14.4. The standard InChI is InChI=1S/C20H20N4O2/c1-26-19-10-6-5-9-17(19)11-12-20(25)23-18(13-24-15-21-14-22-24)16-7-3-2-4-8-16/h2-12,14-15,18H,13H2,1H3,(H,23,25)/b12-11+/t18-/m1/s1. The molecule has 1 amide bonds. The maximum Gasteiger partial charge on any atom is 0.244 e. The van der Waals surface area contributed by atoms with Crippen molar-refractivity contribution < 1.29 is 9.53 Å². The molecule has 26 heavy (non-hydrogen) atoms. The fourth-order valence-electron chi connectivity index (χ4n) is 2.62. The number of hydrogen-bond acceptors (Lipinski definition) is 4. The van der Waals surface area contributed by atoms with Crippen LogP contribution in [0.1, 0.15) is 17.2 Å². The van der Waals surface area contributed by atoms with Crippen LogP contribution in [-0.2, 0) is 11.3 Å². The van der Waals surface area contributed by atoms with Crippen LogP contribution in [-0.4, -0.2) is 27.8 Å². The van der Waals surface area contributed by atoms with Gasteiger partial charge in [0.05, 0.1) is 19.7 Å².